The molecule has 0 fully saturated rings. The van der Waals surface area contributed by atoms with Crippen LogP contribution in [0.15, 0.2) is 53.7 Å². The molecule has 2 aromatic heterocycles. The molecule has 0 unspecified atom stereocenters. The van der Waals surface area contributed by atoms with Gasteiger partial charge in [-0.1, -0.05) is 17.7 Å². The van der Waals surface area contributed by atoms with Crippen LogP contribution in [0.1, 0.15) is 44.6 Å². The average molecular weight is 575 g/mol. The molecule has 40 heavy (non-hydrogen) atoms. The number of methoxy groups -OCH3 is 4. The molecule has 0 atom stereocenters. The predicted octanol–water partition coefficient (Wildman–Crippen LogP) is 3.24. The number of hydrogen-bond acceptors (Lipinski definition) is 10. The first-order chi connectivity index (χ1) is 19.0. The van der Waals surface area contributed by atoms with E-state index in [4.69, 9.17) is 23.7 Å². The fraction of sp³-hybridized carbons (Fsp3) is 0.296. The average Bonchev–Trinajstić information content (AvgIpc) is 3.52. The van der Waals surface area contributed by atoms with Crippen LogP contribution in [-0.4, -0.2) is 63.9 Å². The van der Waals surface area contributed by atoms with E-state index in [1.54, 1.807) is 19.1 Å². The van der Waals surface area contributed by atoms with Crippen LogP contribution in [0, 0.1) is 6.92 Å². The van der Waals surface area contributed by atoms with E-state index < -0.39 is 38.4 Å². The number of benzene rings is 1. The Morgan fingerprint density at radius 1 is 0.775 bits per heavy atom. The summed E-state index contributed by atoms with van der Waals surface area (Å²) in [6.45, 7) is 2.60. The van der Waals surface area contributed by atoms with Crippen LogP contribution < -0.4 is 0 Å². The van der Waals surface area contributed by atoms with E-state index in [2.05, 4.69) is 0 Å². The lowest BCUT2D eigenvalue weighted by Crippen LogP contribution is -2.16. The van der Waals surface area contributed by atoms with E-state index in [9.17, 15) is 22.8 Å². The number of ether oxygens (including phenoxy) is 5. The maximum Gasteiger partial charge on any atom is 0.339 e. The SMILES string of the molecule is COCn1cc(C(=O)OC)cc1C(OC(C)=O)=C(c1cc(C(=O)OC)cn1COC)S(=O)(=O)c1ccc(C)cc1. The van der Waals surface area contributed by atoms with Gasteiger partial charge in [-0.05, 0) is 31.2 Å². The third kappa shape index (κ3) is 6.33. The van der Waals surface area contributed by atoms with Gasteiger partial charge in [0.15, 0.2) is 5.76 Å². The second kappa shape index (κ2) is 12.8. The van der Waals surface area contributed by atoms with Gasteiger partial charge < -0.3 is 32.8 Å². The molecular weight excluding hydrogens is 544 g/mol. The summed E-state index contributed by atoms with van der Waals surface area (Å²) in [7, 11) is 0.694. The van der Waals surface area contributed by atoms with Gasteiger partial charge in [0.25, 0.3) is 0 Å². The maximum atomic E-state index is 14.4. The molecule has 214 valence electrons. The van der Waals surface area contributed by atoms with Crippen molar-refractivity contribution in [1.29, 1.82) is 0 Å². The van der Waals surface area contributed by atoms with E-state index in [0.717, 1.165) is 12.5 Å². The normalized spacial score (nSPS) is 12.1. The topological polar surface area (TPSA) is 141 Å². The first-order valence-electron chi connectivity index (χ1n) is 11.8. The Labute approximate surface area is 231 Å². The summed E-state index contributed by atoms with van der Waals surface area (Å²) in [5.74, 6) is -2.69. The van der Waals surface area contributed by atoms with Gasteiger partial charge >= 0.3 is 17.9 Å². The molecule has 0 saturated heterocycles. The minimum Gasteiger partial charge on any atom is -0.465 e. The summed E-state index contributed by atoms with van der Waals surface area (Å²) < 4.78 is 57.2. The molecule has 0 saturated carbocycles. The zero-order valence-electron chi connectivity index (χ0n) is 22.9. The smallest absolute Gasteiger partial charge is 0.339 e. The number of aromatic nitrogens is 2. The highest BCUT2D eigenvalue weighted by Gasteiger charge is 2.34. The second-order valence-corrected chi connectivity index (χ2v) is 10.4. The second-order valence-electron chi connectivity index (χ2n) is 8.55. The first kappa shape index (κ1) is 30.3. The molecule has 2 heterocycles. The monoisotopic (exact) mass is 574 g/mol. The van der Waals surface area contributed by atoms with Crippen LogP contribution in [0.25, 0.3) is 10.7 Å². The van der Waals surface area contributed by atoms with Gasteiger partial charge in [0.05, 0.1) is 41.6 Å². The lowest BCUT2D eigenvalue weighted by molar-refractivity contribution is -0.134. The van der Waals surface area contributed by atoms with Crippen LogP contribution in [0.2, 0.25) is 0 Å². The van der Waals surface area contributed by atoms with E-state index in [0.29, 0.717) is 0 Å². The molecular formula is C27H30N2O10S. The molecule has 1 aromatic carbocycles. The highest BCUT2D eigenvalue weighted by molar-refractivity contribution is 8.01. The fourth-order valence-corrected chi connectivity index (χ4v) is 5.49. The molecule has 3 aromatic rings. The Hall–Kier alpha value is -4.20. The third-order valence-corrected chi connectivity index (χ3v) is 7.51. The van der Waals surface area contributed by atoms with Crippen LogP contribution in [0.4, 0.5) is 0 Å². The van der Waals surface area contributed by atoms with Crippen molar-refractivity contribution in [3.05, 3.63) is 76.9 Å². The van der Waals surface area contributed by atoms with Crippen LogP contribution in [0.5, 0.6) is 0 Å². The van der Waals surface area contributed by atoms with Crippen molar-refractivity contribution in [3.63, 3.8) is 0 Å². The van der Waals surface area contributed by atoms with Crippen LogP contribution in [-0.2, 0) is 51.8 Å². The van der Waals surface area contributed by atoms with Gasteiger partial charge in [-0.15, -0.1) is 0 Å². The van der Waals surface area contributed by atoms with Crippen molar-refractivity contribution in [2.45, 2.75) is 32.2 Å². The van der Waals surface area contributed by atoms with Crippen molar-refractivity contribution in [2.24, 2.45) is 0 Å². The lowest BCUT2D eigenvalue weighted by atomic mass is 10.2. The largest absolute Gasteiger partial charge is 0.465 e. The molecule has 0 aliphatic heterocycles. The molecule has 0 bridgehead atoms. The summed E-state index contributed by atoms with van der Waals surface area (Å²) in [4.78, 5) is 36.7. The van der Waals surface area contributed by atoms with E-state index in [-0.39, 0.29) is 40.9 Å². The number of carbonyl (C=O) groups is 3. The first-order valence-corrected chi connectivity index (χ1v) is 13.3. The van der Waals surface area contributed by atoms with E-state index in [1.165, 1.54) is 74.2 Å². The molecule has 3 rings (SSSR count). The van der Waals surface area contributed by atoms with E-state index in [1.807, 2.05) is 0 Å². The Morgan fingerprint density at radius 3 is 1.70 bits per heavy atom. The maximum absolute atomic E-state index is 14.4. The Kier molecular flexibility index (Phi) is 9.69. The third-order valence-electron chi connectivity index (χ3n) is 5.69. The minimum atomic E-state index is -4.47. The number of esters is 3. The molecule has 0 amide bonds. The lowest BCUT2D eigenvalue weighted by Gasteiger charge is -2.19. The van der Waals surface area contributed by atoms with Gasteiger partial charge in [0.1, 0.15) is 18.4 Å². The zero-order valence-corrected chi connectivity index (χ0v) is 23.7. The molecule has 13 heteroatoms. The summed E-state index contributed by atoms with van der Waals surface area (Å²) in [5, 5.41) is 0. The van der Waals surface area contributed by atoms with Crippen LogP contribution >= 0.6 is 0 Å². The van der Waals surface area contributed by atoms with Crippen molar-refractivity contribution in [2.75, 3.05) is 28.4 Å². The minimum absolute atomic E-state index is 0.0212. The zero-order chi connectivity index (χ0) is 29.6. The molecule has 0 radical (unpaired) electrons. The Bertz CT molecular complexity index is 1550. The summed E-state index contributed by atoms with van der Waals surface area (Å²) in [5.41, 5.74) is 0.874. The standard InChI is InChI=1S/C27H30N2O10S/c1-17-7-9-21(10-8-17)40(33,34)25(23-12-20(27(32)38-6)14-29(23)16-36-4)24(39-18(2)30)22-11-19(26(31)37-5)13-28(22)15-35-3/h7-14H,15-16H2,1-6H3. The fourth-order valence-electron chi connectivity index (χ4n) is 3.92. The van der Waals surface area contributed by atoms with Crippen LogP contribution in [0.3, 0.4) is 0 Å². The van der Waals surface area contributed by atoms with Crippen molar-refractivity contribution in [1.82, 2.24) is 9.13 Å². The molecule has 0 aliphatic rings. The predicted molar refractivity (Wildman–Crippen MR) is 143 cm³/mol. The van der Waals surface area contributed by atoms with Crippen molar-refractivity contribution < 1.29 is 46.5 Å². The Balaban J connectivity index is 2.55. The van der Waals surface area contributed by atoms with Crippen molar-refractivity contribution >= 4 is 38.4 Å². The van der Waals surface area contributed by atoms with Gasteiger partial charge in [0, 0.05) is 33.5 Å². The molecule has 12 nitrogen and oxygen atoms in total. The number of hydrogen-bond donors (Lipinski definition) is 0. The van der Waals surface area contributed by atoms with Gasteiger partial charge in [-0.2, -0.15) is 0 Å². The molecule has 0 aliphatic carbocycles. The Morgan fingerprint density at radius 2 is 1.25 bits per heavy atom. The van der Waals surface area contributed by atoms with E-state index >= 15 is 0 Å². The summed E-state index contributed by atoms with van der Waals surface area (Å²) in [6, 6.07) is 8.67. The number of carbonyl (C=O) groups excluding carboxylic acids is 3. The highest BCUT2D eigenvalue weighted by Crippen LogP contribution is 2.38. The summed E-state index contributed by atoms with van der Waals surface area (Å²) in [6.07, 6.45) is 2.73. The number of aryl methyl sites for hydroxylation is 1. The molecule has 0 N–H and O–H groups in total. The number of rotatable bonds is 11. The highest BCUT2D eigenvalue weighted by atomic mass is 32.2. The molecule has 0 spiro atoms. The number of nitrogens with zero attached hydrogens (tertiary/aromatic N) is 2. The van der Waals surface area contributed by atoms with Gasteiger partial charge in [-0.25, -0.2) is 18.0 Å². The van der Waals surface area contributed by atoms with Gasteiger partial charge in [-0.3, -0.25) is 4.79 Å². The quantitative estimate of drug-likeness (QED) is 0.190. The van der Waals surface area contributed by atoms with Crippen molar-refractivity contribution in [3.8, 4) is 0 Å². The van der Waals surface area contributed by atoms with Gasteiger partial charge in [0.2, 0.25) is 9.84 Å². The number of sulfone groups is 1. The summed E-state index contributed by atoms with van der Waals surface area (Å²) >= 11 is 0.